The number of hydrogen-bond acceptors (Lipinski definition) is 5. The number of piperidine rings is 1. The fourth-order valence-electron chi connectivity index (χ4n) is 4.34. The Hall–Kier alpha value is -2.58. The van der Waals surface area contributed by atoms with Crippen LogP contribution in [0.5, 0.6) is 11.5 Å². The van der Waals surface area contributed by atoms with E-state index < -0.39 is 10.0 Å². The molecule has 1 aliphatic heterocycles. The van der Waals surface area contributed by atoms with E-state index in [4.69, 9.17) is 9.47 Å². The highest BCUT2D eigenvalue weighted by Crippen LogP contribution is 2.32. The van der Waals surface area contributed by atoms with Crippen molar-refractivity contribution in [3.05, 3.63) is 52.6 Å². The molecule has 0 radical (unpaired) electrons. The Kier molecular flexibility index (Phi) is 7.69. The quantitative estimate of drug-likeness (QED) is 0.658. The summed E-state index contributed by atoms with van der Waals surface area (Å²) in [6, 6.07) is 8.75. The van der Waals surface area contributed by atoms with Crippen LogP contribution < -0.4 is 14.8 Å². The van der Waals surface area contributed by atoms with Crippen molar-refractivity contribution < 1.29 is 22.7 Å². The highest BCUT2D eigenvalue weighted by atomic mass is 32.2. The van der Waals surface area contributed by atoms with E-state index in [9.17, 15) is 13.2 Å². The number of carbonyl (C=O) groups is 1. The second-order valence-electron chi connectivity index (χ2n) is 8.72. The third-order valence-electron chi connectivity index (χ3n) is 6.53. The minimum atomic E-state index is -3.68. The van der Waals surface area contributed by atoms with Crippen LogP contribution in [0.4, 0.5) is 0 Å². The zero-order valence-electron chi connectivity index (χ0n) is 20.3. The largest absolute Gasteiger partial charge is 0.493 e. The normalized spacial score (nSPS) is 16.3. The van der Waals surface area contributed by atoms with Crippen LogP contribution in [0.2, 0.25) is 0 Å². The van der Waals surface area contributed by atoms with Gasteiger partial charge in [-0.15, -0.1) is 0 Å². The first-order valence-electron chi connectivity index (χ1n) is 11.2. The molecule has 1 atom stereocenters. The Labute approximate surface area is 197 Å². The van der Waals surface area contributed by atoms with Crippen molar-refractivity contribution in [2.24, 2.45) is 5.92 Å². The number of rotatable bonds is 7. The van der Waals surface area contributed by atoms with E-state index in [2.05, 4.69) is 38.2 Å². The van der Waals surface area contributed by atoms with Gasteiger partial charge >= 0.3 is 0 Å². The highest BCUT2D eigenvalue weighted by Gasteiger charge is 2.33. The van der Waals surface area contributed by atoms with Gasteiger partial charge in [0, 0.05) is 25.1 Å². The summed E-state index contributed by atoms with van der Waals surface area (Å²) in [6.07, 6.45) is 0.966. The molecule has 1 amide bonds. The molecule has 1 saturated heterocycles. The zero-order valence-corrected chi connectivity index (χ0v) is 21.1. The average molecular weight is 475 g/mol. The van der Waals surface area contributed by atoms with Crippen LogP contribution >= 0.6 is 0 Å². The molecule has 0 saturated carbocycles. The first kappa shape index (κ1) is 25.1. The van der Waals surface area contributed by atoms with Crippen LogP contribution in [0, 0.1) is 26.7 Å². The maximum atomic E-state index is 13.1. The van der Waals surface area contributed by atoms with E-state index in [1.54, 1.807) is 6.07 Å². The van der Waals surface area contributed by atoms with Crippen LogP contribution in [0.25, 0.3) is 0 Å². The van der Waals surface area contributed by atoms with Crippen molar-refractivity contribution in [2.75, 3.05) is 27.3 Å². The second-order valence-corrected chi connectivity index (χ2v) is 10.7. The Bertz CT molecular complexity index is 1120. The number of aryl methyl sites for hydroxylation is 3. The third kappa shape index (κ3) is 5.33. The second kappa shape index (κ2) is 10.1. The van der Waals surface area contributed by atoms with Gasteiger partial charge in [0.2, 0.25) is 15.9 Å². The van der Waals surface area contributed by atoms with Crippen LogP contribution in [0.1, 0.15) is 48.1 Å². The Morgan fingerprint density at radius 2 is 1.58 bits per heavy atom. The Morgan fingerprint density at radius 3 is 2.18 bits per heavy atom. The van der Waals surface area contributed by atoms with Crippen LogP contribution in [-0.4, -0.2) is 45.9 Å². The van der Waals surface area contributed by atoms with Gasteiger partial charge in [-0.1, -0.05) is 12.1 Å². The summed E-state index contributed by atoms with van der Waals surface area (Å²) < 4.78 is 38.1. The molecule has 1 unspecified atom stereocenters. The first-order chi connectivity index (χ1) is 15.6. The van der Waals surface area contributed by atoms with Crippen LogP contribution in [0.3, 0.4) is 0 Å². The van der Waals surface area contributed by atoms with Crippen molar-refractivity contribution in [1.29, 1.82) is 0 Å². The lowest BCUT2D eigenvalue weighted by molar-refractivity contribution is -0.126. The third-order valence-corrected chi connectivity index (χ3v) is 8.42. The van der Waals surface area contributed by atoms with Gasteiger partial charge in [-0.25, -0.2) is 8.42 Å². The predicted molar refractivity (Wildman–Crippen MR) is 128 cm³/mol. The van der Waals surface area contributed by atoms with Gasteiger partial charge in [-0.3, -0.25) is 4.79 Å². The molecule has 180 valence electrons. The van der Waals surface area contributed by atoms with Gasteiger partial charge in [0.05, 0.1) is 25.2 Å². The molecular weight excluding hydrogens is 440 g/mol. The minimum Gasteiger partial charge on any atom is -0.493 e. The van der Waals surface area contributed by atoms with E-state index in [-0.39, 0.29) is 22.8 Å². The number of carbonyl (C=O) groups excluding carboxylic acids is 1. The lowest BCUT2D eigenvalue weighted by Gasteiger charge is -2.31. The highest BCUT2D eigenvalue weighted by molar-refractivity contribution is 7.89. The van der Waals surface area contributed by atoms with Gasteiger partial charge in [0.25, 0.3) is 0 Å². The van der Waals surface area contributed by atoms with E-state index in [0.29, 0.717) is 37.4 Å². The number of ether oxygens (including phenoxy) is 2. The van der Waals surface area contributed by atoms with E-state index in [1.807, 2.05) is 6.92 Å². The average Bonchev–Trinajstić information content (AvgIpc) is 2.80. The number of hydrogen-bond donors (Lipinski definition) is 1. The van der Waals surface area contributed by atoms with E-state index in [1.165, 1.54) is 41.8 Å². The standard InChI is InChI=1S/C25H34N2O5S/c1-16-13-18(3)22(14-17(16)2)19(4)26-25(28)20-9-11-27(12-10-20)33(29,30)21-7-8-23(31-5)24(15-21)32-6/h7-8,13-15,19-20H,9-12H2,1-6H3,(H,26,28). The number of methoxy groups -OCH3 is 2. The molecule has 3 rings (SSSR count). The molecule has 8 heteroatoms. The summed E-state index contributed by atoms with van der Waals surface area (Å²) in [5.74, 6) is 0.600. The number of benzene rings is 2. The molecule has 1 aliphatic rings. The first-order valence-corrected chi connectivity index (χ1v) is 12.6. The monoisotopic (exact) mass is 474 g/mol. The molecule has 0 aromatic heterocycles. The Balaban J connectivity index is 1.64. The van der Waals surface area contributed by atoms with Crippen LogP contribution in [-0.2, 0) is 14.8 Å². The summed E-state index contributed by atoms with van der Waals surface area (Å²) in [5.41, 5.74) is 4.70. The molecular formula is C25H34N2O5S. The smallest absolute Gasteiger partial charge is 0.243 e. The van der Waals surface area contributed by atoms with Crippen molar-refractivity contribution in [3.8, 4) is 11.5 Å². The maximum Gasteiger partial charge on any atom is 0.243 e. The summed E-state index contributed by atoms with van der Waals surface area (Å²) >= 11 is 0. The molecule has 0 aliphatic carbocycles. The molecule has 2 aromatic rings. The SMILES string of the molecule is COc1ccc(S(=O)(=O)N2CCC(C(=O)NC(C)c3cc(C)c(C)cc3C)CC2)cc1OC. The van der Waals surface area contributed by atoms with Gasteiger partial charge in [0.1, 0.15) is 0 Å². The van der Waals surface area contributed by atoms with Crippen molar-refractivity contribution >= 4 is 15.9 Å². The van der Waals surface area contributed by atoms with Crippen molar-refractivity contribution in [1.82, 2.24) is 9.62 Å². The lowest BCUT2D eigenvalue weighted by atomic mass is 9.94. The molecule has 0 spiro atoms. The van der Waals surface area contributed by atoms with Gasteiger partial charge in [-0.05, 0) is 74.9 Å². The molecule has 33 heavy (non-hydrogen) atoms. The summed E-state index contributed by atoms with van der Waals surface area (Å²) in [6.45, 7) is 8.80. The number of nitrogens with zero attached hydrogens (tertiary/aromatic N) is 1. The number of sulfonamides is 1. The summed E-state index contributed by atoms with van der Waals surface area (Å²) in [7, 11) is -0.708. The predicted octanol–water partition coefficient (Wildman–Crippen LogP) is 3.91. The molecule has 1 heterocycles. The zero-order chi connectivity index (χ0) is 24.3. The van der Waals surface area contributed by atoms with Gasteiger partial charge < -0.3 is 14.8 Å². The number of nitrogens with one attached hydrogen (secondary N) is 1. The van der Waals surface area contributed by atoms with Crippen molar-refractivity contribution in [2.45, 2.75) is 51.5 Å². The topological polar surface area (TPSA) is 84.9 Å². The lowest BCUT2D eigenvalue weighted by Crippen LogP contribution is -2.43. The van der Waals surface area contributed by atoms with Crippen LogP contribution in [0.15, 0.2) is 35.2 Å². The number of amides is 1. The van der Waals surface area contributed by atoms with E-state index in [0.717, 1.165) is 11.1 Å². The summed E-state index contributed by atoms with van der Waals surface area (Å²) in [4.78, 5) is 13.1. The van der Waals surface area contributed by atoms with Gasteiger partial charge in [-0.2, -0.15) is 4.31 Å². The van der Waals surface area contributed by atoms with E-state index >= 15 is 0 Å². The Morgan fingerprint density at radius 1 is 0.970 bits per heavy atom. The maximum absolute atomic E-state index is 13.1. The minimum absolute atomic E-state index is 0.0247. The molecule has 1 fully saturated rings. The fourth-order valence-corrected chi connectivity index (χ4v) is 5.83. The summed E-state index contributed by atoms with van der Waals surface area (Å²) in [5, 5.41) is 3.13. The molecule has 0 bridgehead atoms. The molecule has 2 aromatic carbocycles. The van der Waals surface area contributed by atoms with Crippen molar-refractivity contribution in [3.63, 3.8) is 0 Å². The van der Waals surface area contributed by atoms with Gasteiger partial charge in [0.15, 0.2) is 11.5 Å². The molecule has 7 nitrogen and oxygen atoms in total. The molecule has 1 N–H and O–H groups in total. The fraction of sp³-hybridized carbons (Fsp3) is 0.480.